The summed E-state index contributed by atoms with van der Waals surface area (Å²) in [7, 11) is 1.85. The van der Waals surface area contributed by atoms with Gasteiger partial charge in [0, 0.05) is 56.2 Å². The molecule has 1 aromatic rings. The molecule has 28 heavy (non-hydrogen) atoms. The Labute approximate surface area is 165 Å². The Kier molecular flexibility index (Phi) is 7.76. The highest BCUT2D eigenvalue weighted by atomic mass is 16.3. The number of benzene rings is 1. The van der Waals surface area contributed by atoms with E-state index in [4.69, 9.17) is 16.6 Å². The molecule has 0 atom stereocenters. The van der Waals surface area contributed by atoms with E-state index in [0.29, 0.717) is 31.2 Å². The molecule has 0 radical (unpaired) electrons. The molecule has 150 valence electrons. The number of aliphatic hydroxyl groups is 1. The summed E-state index contributed by atoms with van der Waals surface area (Å²) in [5.74, 6) is 0.413. The fourth-order valence-electron chi connectivity index (χ4n) is 2.91. The van der Waals surface area contributed by atoms with Gasteiger partial charge in [0.1, 0.15) is 5.84 Å². The van der Waals surface area contributed by atoms with E-state index in [0.717, 1.165) is 28.8 Å². The number of aliphatic imine (C=N–C) groups is 2. The molecule has 0 aromatic heterocycles. The molecule has 0 spiro atoms. The van der Waals surface area contributed by atoms with Crippen LogP contribution >= 0.6 is 0 Å². The number of nitrogens with zero attached hydrogens (tertiary/aromatic N) is 3. The quantitative estimate of drug-likeness (QED) is 0.407. The van der Waals surface area contributed by atoms with Crippen molar-refractivity contribution in [2.75, 3.05) is 33.3 Å². The van der Waals surface area contributed by atoms with Crippen molar-refractivity contribution < 1.29 is 9.90 Å². The Morgan fingerprint density at radius 2 is 2.07 bits per heavy atom. The van der Waals surface area contributed by atoms with Crippen molar-refractivity contribution in [1.29, 1.82) is 0 Å². The van der Waals surface area contributed by atoms with Crippen molar-refractivity contribution >= 4 is 29.2 Å². The second-order valence-electron chi connectivity index (χ2n) is 6.32. The summed E-state index contributed by atoms with van der Waals surface area (Å²) in [6.07, 6.45) is 3.82. The van der Waals surface area contributed by atoms with E-state index in [1.165, 1.54) is 6.20 Å². The molecule has 0 saturated carbocycles. The third-order valence-corrected chi connectivity index (χ3v) is 4.49. The van der Waals surface area contributed by atoms with Crippen LogP contribution in [0.2, 0.25) is 0 Å². The number of amides is 1. The standard InChI is InChI=1S/C20H28N6O2/c1-14(28)26-9-7-19(23-2)18(13-26)20(22)25-17-5-3-15(4-6-17)16(11-21)12-24-8-10-27/h3-6,11-12,23,27H,7-10,13,21H2,1-2H3,(H2,22,25). The average molecular weight is 384 g/mol. The van der Waals surface area contributed by atoms with E-state index in [9.17, 15) is 4.79 Å². The second-order valence-corrected chi connectivity index (χ2v) is 6.32. The molecule has 8 nitrogen and oxygen atoms in total. The number of hydrogen-bond acceptors (Lipinski definition) is 6. The van der Waals surface area contributed by atoms with Gasteiger partial charge in [-0.05, 0) is 17.7 Å². The molecule has 1 aliphatic heterocycles. The van der Waals surface area contributed by atoms with Crippen molar-refractivity contribution in [3.63, 3.8) is 0 Å². The highest BCUT2D eigenvalue weighted by molar-refractivity contribution is 6.09. The molecular weight excluding hydrogens is 356 g/mol. The van der Waals surface area contributed by atoms with Gasteiger partial charge in [0.25, 0.3) is 0 Å². The second kappa shape index (κ2) is 10.3. The maximum Gasteiger partial charge on any atom is 0.219 e. The van der Waals surface area contributed by atoms with Gasteiger partial charge in [0.15, 0.2) is 0 Å². The van der Waals surface area contributed by atoms with Crippen LogP contribution in [-0.4, -0.2) is 61.3 Å². The lowest BCUT2D eigenvalue weighted by Gasteiger charge is -2.29. The first-order chi connectivity index (χ1) is 13.5. The first-order valence-corrected chi connectivity index (χ1v) is 9.13. The molecule has 0 aliphatic carbocycles. The van der Waals surface area contributed by atoms with Gasteiger partial charge in [0.2, 0.25) is 5.91 Å². The molecule has 8 heteroatoms. The largest absolute Gasteiger partial charge is 0.404 e. The molecule has 2 rings (SSSR count). The van der Waals surface area contributed by atoms with Crippen LogP contribution in [0.15, 0.2) is 51.7 Å². The van der Waals surface area contributed by atoms with Crippen molar-refractivity contribution in [2.45, 2.75) is 13.3 Å². The number of allylic oxidation sites excluding steroid dienone is 1. The molecule has 0 fully saturated rings. The molecule has 0 unspecified atom stereocenters. The zero-order valence-corrected chi connectivity index (χ0v) is 16.4. The number of amidine groups is 1. The number of carbonyl (C=O) groups excluding carboxylic acids is 1. The van der Waals surface area contributed by atoms with Gasteiger partial charge in [-0.2, -0.15) is 0 Å². The number of hydrogen-bond donors (Lipinski definition) is 4. The Morgan fingerprint density at radius 3 is 2.64 bits per heavy atom. The fraction of sp³-hybridized carbons (Fsp3) is 0.350. The predicted octanol–water partition coefficient (Wildman–Crippen LogP) is 0.764. The van der Waals surface area contributed by atoms with Crippen molar-refractivity contribution in [3.05, 3.63) is 47.3 Å². The van der Waals surface area contributed by atoms with Gasteiger partial charge in [-0.3, -0.25) is 9.79 Å². The van der Waals surface area contributed by atoms with Crippen LogP contribution in [0.3, 0.4) is 0 Å². The molecule has 1 aliphatic rings. The van der Waals surface area contributed by atoms with E-state index in [1.807, 2.05) is 31.3 Å². The van der Waals surface area contributed by atoms with E-state index in [1.54, 1.807) is 18.0 Å². The molecule has 1 amide bonds. The van der Waals surface area contributed by atoms with Gasteiger partial charge in [-0.15, -0.1) is 0 Å². The summed E-state index contributed by atoms with van der Waals surface area (Å²) in [5, 5.41) is 12.0. The third kappa shape index (κ3) is 5.43. The van der Waals surface area contributed by atoms with E-state index in [-0.39, 0.29) is 12.5 Å². The van der Waals surface area contributed by atoms with E-state index < -0.39 is 0 Å². The van der Waals surface area contributed by atoms with Crippen LogP contribution < -0.4 is 16.8 Å². The molecule has 1 aromatic carbocycles. The van der Waals surface area contributed by atoms with Crippen LogP contribution in [0.5, 0.6) is 0 Å². The van der Waals surface area contributed by atoms with Gasteiger partial charge in [0.05, 0.1) is 25.4 Å². The predicted molar refractivity (Wildman–Crippen MR) is 113 cm³/mol. The molecule has 0 saturated heterocycles. The monoisotopic (exact) mass is 384 g/mol. The number of aliphatic hydroxyl groups excluding tert-OH is 1. The van der Waals surface area contributed by atoms with Crippen LogP contribution in [0.25, 0.3) is 5.57 Å². The summed E-state index contributed by atoms with van der Waals surface area (Å²) in [6.45, 7) is 2.99. The van der Waals surface area contributed by atoms with Gasteiger partial charge in [-0.1, -0.05) is 12.1 Å². The lowest BCUT2D eigenvalue weighted by Crippen LogP contribution is -2.40. The minimum absolute atomic E-state index is 0.00715. The van der Waals surface area contributed by atoms with E-state index >= 15 is 0 Å². The number of nitrogens with one attached hydrogen (secondary N) is 1. The average Bonchev–Trinajstić information content (AvgIpc) is 2.71. The first kappa shape index (κ1) is 21.2. The SMILES string of the molecule is CNC1=C(C(N)=Nc2ccc(C(C=NCCO)=CN)cc2)CN(C(C)=O)CC1. The summed E-state index contributed by atoms with van der Waals surface area (Å²) in [4.78, 5) is 22.1. The summed E-state index contributed by atoms with van der Waals surface area (Å²) in [6, 6.07) is 7.45. The van der Waals surface area contributed by atoms with E-state index in [2.05, 4.69) is 15.3 Å². The van der Waals surface area contributed by atoms with Crippen molar-refractivity contribution in [2.24, 2.45) is 21.5 Å². The highest BCUT2D eigenvalue weighted by Gasteiger charge is 2.22. The van der Waals surface area contributed by atoms with Crippen LogP contribution in [0.4, 0.5) is 5.69 Å². The molecule has 6 N–H and O–H groups in total. The normalized spacial score (nSPS) is 16.0. The zero-order chi connectivity index (χ0) is 20.5. The molecule has 0 bridgehead atoms. The summed E-state index contributed by atoms with van der Waals surface area (Å²) in [5.41, 5.74) is 16.1. The van der Waals surface area contributed by atoms with Crippen LogP contribution in [0.1, 0.15) is 18.9 Å². The van der Waals surface area contributed by atoms with Gasteiger partial charge >= 0.3 is 0 Å². The Balaban J connectivity index is 2.22. The van der Waals surface area contributed by atoms with Gasteiger partial charge in [-0.25, -0.2) is 4.99 Å². The topological polar surface area (TPSA) is 129 Å². The maximum absolute atomic E-state index is 11.7. The fourth-order valence-corrected chi connectivity index (χ4v) is 2.91. The van der Waals surface area contributed by atoms with Gasteiger partial charge < -0.3 is 26.8 Å². The smallest absolute Gasteiger partial charge is 0.219 e. The summed E-state index contributed by atoms with van der Waals surface area (Å²) < 4.78 is 0. The maximum atomic E-state index is 11.7. The Hall–Kier alpha value is -3.13. The number of rotatable bonds is 7. The zero-order valence-electron chi connectivity index (χ0n) is 16.4. The molecular formula is C20H28N6O2. The highest BCUT2D eigenvalue weighted by Crippen LogP contribution is 2.21. The van der Waals surface area contributed by atoms with Crippen LogP contribution in [-0.2, 0) is 4.79 Å². The number of carbonyl (C=O) groups is 1. The number of nitrogens with two attached hydrogens (primary N) is 2. The Bertz CT molecular complexity index is 808. The van der Waals surface area contributed by atoms with Crippen molar-refractivity contribution in [1.82, 2.24) is 10.2 Å². The minimum atomic E-state index is -0.00715. The third-order valence-electron chi connectivity index (χ3n) is 4.49. The first-order valence-electron chi connectivity index (χ1n) is 9.13. The molecule has 1 heterocycles. The summed E-state index contributed by atoms with van der Waals surface area (Å²) >= 11 is 0. The minimum Gasteiger partial charge on any atom is -0.404 e. The lowest BCUT2D eigenvalue weighted by atomic mass is 10.0. The van der Waals surface area contributed by atoms with Crippen molar-refractivity contribution in [3.8, 4) is 0 Å². The Morgan fingerprint density at radius 1 is 1.36 bits per heavy atom. The van der Waals surface area contributed by atoms with Crippen LogP contribution in [0, 0.1) is 0 Å². The lowest BCUT2D eigenvalue weighted by molar-refractivity contribution is -0.128.